The van der Waals surface area contributed by atoms with Gasteiger partial charge in [0.1, 0.15) is 5.75 Å². The molecule has 0 bridgehead atoms. The van der Waals surface area contributed by atoms with Crippen molar-refractivity contribution in [3.05, 3.63) is 57.7 Å². The van der Waals surface area contributed by atoms with E-state index in [0.29, 0.717) is 0 Å². The molecule has 0 aliphatic rings. The van der Waals surface area contributed by atoms with Crippen molar-refractivity contribution in [1.29, 1.82) is 0 Å². The van der Waals surface area contributed by atoms with Crippen LogP contribution in [0.25, 0.3) is 17.2 Å². The van der Waals surface area contributed by atoms with Crippen LogP contribution in [-0.4, -0.2) is 7.11 Å². The van der Waals surface area contributed by atoms with Gasteiger partial charge in [-0.25, -0.2) is 0 Å². The van der Waals surface area contributed by atoms with Gasteiger partial charge in [0.05, 0.1) is 7.11 Å². The van der Waals surface area contributed by atoms with Gasteiger partial charge in [0.25, 0.3) is 0 Å². The topological polar surface area (TPSA) is 9.23 Å². The fraction of sp³-hybridized carbons (Fsp3) is 0.125. The zero-order chi connectivity index (χ0) is 13.0. The maximum atomic E-state index is 5.43. The first-order valence-electron chi connectivity index (χ1n) is 5.77. The lowest BCUT2D eigenvalue weighted by Gasteiger charge is -2.11. The minimum absolute atomic E-state index is 0.904. The minimum Gasteiger partial charge on any atom is -0.496 e. The van der Waals surface area contributed by atoms with Crippen LogP contribution in [0.4, 0.5) is 0 Å². The van der Waals surface area contributed by atoms with Gasteiger partial charge in [-0.2, -0.15) is 0 Å². The number of ether oxygens (including phenoxy) is 1. The van der Waals surface area contributed by atoms with Crippen LogP contribution in [0, 0.1) is 6.92 Å². The summed E-state index contributed by atoms with van der Waals surface area (Å²) in [6, 6.07) is 14.7. The predicted octanol–water partition coefficient (Wildman–Crippen LogP) is 5.08. The molecule has 2 heteroatoms. The summed E-state index contributed by atoms with van der Waals surface area (Å²) in [4.78, 5) is 0. The highest BCUT2D eigenvalue weighted by Crippen LogP contribution is 2.32. The van der Waals surface area contributed by atoms with Gasteiger partial charge in [-0.1, -0.05) is 64.6 Å². The van der Waals surface area contributed by atoms with E-state index < -0.39 is 0 Å². The summed E-state index contributed by atoms with van der Waals surface area (Å²) in [6.07, 6.45) is 2.08. The van der Waals surface area contributed by atoms with Crippen molar-refractivity contribution >= 4 is 28.7 Å². The first-order chi connectivity index (χ1) is 8.76. The molecule has 92 valence electrons. The molecule has 1 nitrogen and oxygen atoms in total. The summed E-state index contributed by atoms with van der Waals surface area (Å²) in [5.74, 6) is 0.904. The lowest BCUT2D eigenvalue weighted by Crippen LogP contribution is -1.90. The second kappa shape index (κ2) is 6.05. The number of rotatable bonds is 3. The molecule has 2 aromatic rings. The largest absolute Gasteiger partial charge is 0.496 e. The molecule has 0 aromatic heterocycles. The van der Waals surface area contributed by atoms with Crippen LogP contribution >= 0.6 is 22.6 Å². The maximum Gasteiger partial charge on any atom is 0.126 e. The molecule has 2 aromatic carbocycles. The molecular formula is C16H15IO. The van der Waals surface area contributed by atoms with E-state index in [1.54, 1.807) is 7.11 Å². The van der Waals surface area contributed by atoms with Gasteiger partial charge in [0.2, 0.25) is 0 Å². The van der Waals surface area contributed by atoms with Gasteiger partial charge in [0, 0.05) is 5.56 Å². The highest BCUT2D eigenvalue weighted by Gasteiger charge is 2.07. The van der Waals surface area contributed by atoms with E-state index in [1.165, 1.54) is 16.7 Å². The lowest BCUT2D eigenvalue weighted by atomic mass is 9.98. The first kappa shape index (κ1) is 13.1. The molecule has 0 heterocycles. The van der Waals surface area contributed by atoms with Gasteiger partial charge in [-0.15, -0.1) is 0 Å². The lowest BCUT2D eigenvalue weighted by molar-refractivity contribution is 0.414. The van der Waals surface area contributed by atoms with Gasteiger partial charge in [-0.3, -0.25) is 0 Å². The van der Waals surface area contributed by atoms with Crippen molar-refractivity contribution < 1.29 is 4.74 Å². The third-order valence-electron chi connectivity index (χ3n) is 2.88. The monoisotopic (exact) mass is 350 g/mol. The number of aryl methyl sites for hydroxylation is 1. The molecule has 18 heavy (non-hydrogen) atoms. The summed E-state index contributed by atoms with van der Waals surface area (Å²) < 4.78 is 7.44. The molecule has 2 rings (SSSR count). The van der Waals surface area contributed by atoms with Crippen LogP contribution < -0.4 is 4.74 Å². The van der Waals surface area contributed by atoms with E-state index in [9.17, 15) is 0 Å². The van der Waals surface area contributed by atoms with Crippen molar-refractivity contribution in [2.75, 3.05) is 7.11 Å². The number of benzene rings is 2. The van der Waals surface area contributed by atoms with Crippen LogP contribution in [0.2, 0.25) is 0 Å². The molecule has 0 aliphatic carbocycles. The van der Waals surface area contributed by atoms with E-state index in [1.807, 2.05) is 16.2 Å². The summed E-state index contributed by atoms with van der Waals surface area (Å²) in [7, 11) is 1.71. The summed E-state index contributed by atoms with van der Waals surface area (Å²) in [6.45, 7) is 2.10. The van der Waals surface area contributed by atoms with Gasteiger partial charge in [-0.05, 0) is 34.3 Å². The molecule has 0 aliphatic heterocycles. The third-order valence-corrected chi connectivity index (χ3v) is 3.24. The zero-order valence-corrected chi connectivity index (χ0v) is 12.6. The Bertz CT molecular complexity index is 556. The van der Waals surface area contributed by atoms with E-state index in [0.717, 1.165) is 11.3 Å². The Morgan fingerprint density at radius 2 is 1.78 bits per heavy atom. The zero-order valence-electron chi connectivity index (χ0n) is 10.5. The maximum absolute atomic E-state index is 5.43. The molecular weight excluding hydrogens is 335 g/mol. The molecule has 0 unspecified atom stereocenters. The van der Waals surface area contributed by atoms with E-state index >= 15 is 0 Å². The van der Waals surface area contributed by atoms with Crippen LogP contribution in [0.5, 0.6) is 5.75 Å². The number of hydrogen-bond donors (Lipinski definition) is 0. The van der Waals surface area contributed by atoms with Crippen LogP contribution in [0.3, 0.4) is 0 Å². The molecule has 0 amide bonds. The Morgan fingerprint density at radius 1 is 1.06 bits per heavy atom. The summed E-state index contributed by atoms with van der Waals surface area (Å²) >= 11 is 2.23. The standard InChI is InChI=1S/C16H15IO/c1-12-6-8-13(9-7-12)14-4-3-5-16(18-2)15(14)10-11-17/h3-11H,1-2H3. The molecule has 0 saturated carbocycles. The molecule has 0 atom stereocenters. The second-order valence-electron chi connectivity index (χ2n) is 4.08. The number of methoxy groups -OCH3 is 1. The van der Waals surface area contributed by atoms with Crippen LogP contribution in [0.1, 0.15) is 11.1 Å². The Labute approximate surface area is 122 Å². The Hall–Kier alpha value is -1.29. The highest BCUT2D eigenvalue weighted by molar-refractivity contribution is 14.1. The Morgan fingerprint density at radius 3 is 2.39 bits per heavy atom. The van der Waals surface area contributed by atoms with Crippen molar-refractivity contribution in [3.8, 4) is 16.9 Å². The SMILES string of the molecule is COc1cccc(-c2ccc(C)cc2)c1C=CI. The average molecular weight is 350 g/mol. The van der Waals surface area contributed by atoms with E-state index in [-0.39, 0.29) is 0 Å². The number of hydrogen-bond acceptors (Lipinski definition) is 1. The first-order valence-corrected chi connectivity index (χ1v) is 7.01. The highest BCUT2D eigenvalue weighted by atomic mass is 127. The summed E-state index contributed by atoms with van der Waals surface area (Å²) in [5, 5.41) is 0. The molecule has 0 saturated heterocycles. The molecule has 0 fully saturated rings. The van der Waals surface area contributed by atoms with Crippen molar-refractivity contribution in [3.63, 3.8) is 0 Å². The summed E-state index contributed by atoms with van der Waals surface area (Å²) in [5.41, 5.74) is 4.80. The second-order valence-corrected chi connectivity index (χ2v) is 4.80. The smallest absolute Gasteiger partial charge is 0.126 e. The van der Waals surface area contributed by atoms with Crippen molar-refractivity contribution in [2.24, 2.45) is 0 Å². The van der Waals surface area contributed by atoms with Crippen molar-refractivity contribution in [1.82, 2.24) is 0 Å². The van der Waals surface area contributed by atoms with E-state index in [4.69, 9.17) is 4.74 Å². The number of halogens is 1. The fourth-order valence-electron chi connectivity index (χ4n) is 1.94. The Balaban J connectivity index is 2.59. The van der Waals surface area contributed by atoms with Crippen molar-refractivity contribution in [2.45, 2.75) is 6.92 Å². The van der Waals surface area contributed by atoms with Crippen LogP contribution in [-0.2, 0) is 0 Å². The van der Waals surface area contributed by atoms with E-state index in [2.05, 4.69) is 65.9 Å². The van der Waals surface area contributed by atoms with Crippen LogP contribution in [0.15, 0.2) is 46.5 Å². The predicted molar refractivity (Wildman–Crippen MR) is 86.2 cm³/mol. The molecule has 0 spiro atoms. The third kappa shape index (κ3) is 2.75. The average Bonchev–Trinajstić information content (AvgIpc) is 2.40. The molecule has 0 radical (unpaired) electrons. The quantitative estimate of drug-likeness (QED) is 0.702. The van der Waals surface area contributed by atoms with Gasteiger partial charge >= 0.3 is 0 Å². The minimum atomic E-state index is 0.904. The van der Waals surface area contributed by atoms with Gasteiger partial charge < -0.3 is 4.74 Å². The Kier molecular flexibility index (Phi) is 4.42. The fourth-order valence-corrected chi connectivity index (χ4v) is 2.30. The van der Waals surface area contributed by atoms with Gasteiger partial charge in [0.15, 0.2) is 0 Å². The normalized spacial score (nSPS) is 10.8. The molecule has 0 N–H and O–H groups in total.